The van der Waals surface area contributed by atoms with Crippen LogP contribution in [0.1, 0.15) is 39.9 Å². The standard InChI is InChI=1S/C28H27FN2O3S/c29-26-9-3-5-22(18-26)17-21-11-14-30(15-12-21)28(32)24-8-4-10-27(19-24)35(33,34)31-16-13-23-6-1-2-7-25(23)20-31/h1-10,17-19H,11-16,20H2. The van der Waals surface area contributed by atoms with Crippen molar-refractivity contribution in [3.8, 4) is 0 Å². The lowest BCUT2D eigenvalue weighted by atomic mass is 10.00. The van der Waals surface area contributed by atoms with E-state index in [-0.39, 0.29) is 16.6 Å². The van der Waals surface area contributed by atoms with Crippen molar-refractivity contribution in [1.29, 1.82) is 0 Å². The van der Waals surface area contributed by atoms with Crippen LogP contribution in [0.25, 0.3) is 6.08 Å². The fraction of sp³-hybridized carbons (Fsp3) is 0.250. The number of hydrogen-bond acceptors (Lipinski definition) is 3. The van der Waals surface area contributed by atoms with Crippen LogP contribution in [-0.4, -0.2) is 43.2 Å². The van der Waals surface area contributed by atoms with Gasteiger partial charge in [-0.05, 0) is 66.3 Å². The number of carbonyl (C=O) groups is 1. The third kappa shape index (κ3) is 5.06. The van der Waals surface area contributed by atoms with Crippen molar-refractivity contribution >= 4 is 22.0 Å². The van der Waals surface area contributed by atoms with Gasteiger partial charge >= 0.3 is 0 Å². The summed E-state index contributed by atoms with van der Waals surface area (Å²) in [7, 11) is -3.72. The minimum atomic E-state index is -3.72. The zero-order valence-electron chi connectivity index (χ0n) is 19.4. The Balaban J connectivity index is 1.28. The van der Waals surface area contributed by atoms with E-state index in [1.54, 1.807) is 29.2 Å². The summed E-state index contributed by atoms with van der Waals surface area (Å²) in [5.74, 6) is -0.439. The zero-order valence-corrected chi connectivity index (χ0v) is 20.2. The molecule has 3 aromatic carbocycles. The van der Waals surface area contributed by atoms with Gasteiger partial charge < -0.3 is 4.90 Å². The molecule has 0 aliphatic carbocycles. The van der Waals surface area contributed by atoms with Crippen molar-refractivity contribution < 1.29 is 17.6 Å². The van der Waals surface area contributed by atoms with Crippen molar-refractivity contribution in [3.63, 3.8) is 0 Å². The van der Waals surface area contributed by atoms with Crippen LogP contribution >= 0.6 is 0 Å². The maximum Gasteiger partial charge on any atom is 0.253 e. The summed E-state index contributed by atoms with van der Waals surface area (Å²) in [6.07, 6.45) is 4.06. The average Bonchev–Trinajstić information content (AvgIpc) is 2.88. The Kier molecular flexibility index (Phi) is 6.54. The van der Waals surface area contributed by atoms with Crippen LogP contribution in [-0.2, 0) is 23.0 Å². The molecule has 2 heterocycles. The van der Waals surface area contributed by atoms with Gasteiger partial charge in [0.1, 0.15) is 5.82 Å². The van der Waals surface area contributed by atoms with Crippen LogP contribution in [0.3, 0.4) is 0 Å². The first kappa shape index (κ1) is 23.5. The van der Waals surface area contributed by atoms with Crippen molar-refractivity contribution in [2.24, 2.45) is 0 Å². The Morgan fingerprint density at radius 1 is 0.829 bits per heavy atom. The number of rotatable bonds is 4. The minimum Gasteiger partial charge on any atom is -0.338 e. The number of likely N-dealkylation sites (tertiary alicyclic amines) is 1. The van der Waals surface area contributed by atoms with E-state index in [0.717, 1.165) is 11.1 Å². The lowest BCUT2D eigenvalue weighted by Gasteiger charge is -2.29. The van der Waals surface area contributed by atoms with Crippen LogP contribution in [0.4, 0.5) is 4.39 Å². The maximum atomic E-state index is 13.4. The molecule has 0 unspecified atom stereocenters. The number of nitrogens with zero attached hydrogens (tertiary/aromatic N) is 2. The number of sulfonamides is 1. The van der Waals surface area contributed by atoms with Gasteiger partial charge in [0.05, 0.1) is 4.90 Å². The van der Waals surface area contributed by atoms with Crippen LogP contribution in [0, 0.1) is 5.82 Å². The molecule has 0 bridgehead atoms. The van der Waals surface area contributed by atoms with Gasteiger partial charge in [0.15, 0.2) is 0 Å². The lowest BCUT2D eigenvalue weighted by molar-refractivity contribution is 0.0743. The van der Waals surface area contributed by atoms with Gasteiger partial charge in [-0.1, -0.05) is 54.1 Å². The molecule has 1 fully saturated rings. The molecule has 5 nitrogen and oxygen atoms in total. The molecular formula is C28H27FN2O3S. The Hall–Kier alpha value is -3.29. The van der Waals surface area contributed by atoms with Gasteiger partial charge in [0.25, 0.3) is 5.91 Å². The third-order valence-corrected chi connectivity index (χ3v) is 8.57. The molecule has 0 N–H and O–H groups in total. The largest absolute Gasteiger partial charge is 0.338 e. The van der Waals surface area contributed by atoms with Crippen LogP contribution < -0.4 is 0 Å². The first-order valence-electron chi connectivity index (χ1n) is 11.8. The summed E-state index contributed by atoms with van der Waals surface area (Å²) in [4.78, 5) is 15.1. The predicted molar refractivity (Wildman–Crippen MR) is 134 cm³/mol. The number of benzene rings is 3. The summed E-state index contributed by atoms with van der Waals surface area (Å²) < 4.78 is 41.7. The topological polar surface area (TPSA) is 57.7 Å². The van der Waals surface area contributed by atoms with E-state index in [2.05, 4.69) is 0 Å². The Morgan fingerprint density at radius 3 is 2.34 bits per heavy atom. The number of amides is 1. The molecule has 5 rings (SSSR count). The molecular weight excluding hydrogens is 463 g/mol. The number of piperidine rings is 1. The smallest absolute Gasteiger partial charge is 0.253 e. The first-order chi connectivity index (χ1) is 16.9. The normalized spacial score (nSPS) is 16.6. The van der Waals surface area contributed by atoms with Gasteiger partial charge in [0.2, 0.25) is 10.0 Å². The van der Waals surface area contributed by atoms with Crippen molar-refractivity contribution in [3.05, 3.63) is 106 Å². The summed E-state index contributed by atoms with van der Waals surface area (Å²) in [5, 5.41) is 0. The van der Waals surface area contributed by atoms with E-state index in [1.807, 2.05) is 36.4 Å². The highest BCUT2D eigenvalue weighted by molar-refractivity contribution is 7.89. The summed E-state index contributed by atoms with van der Waals surface area (Å²) in [5.41, 5.74) is 4.56. The quantitative estimate of drug-likeness (QED) is 0.523. The number of halogens is 1. The van der Waals surface area contributed by atoms with E-state index in [1.165, 1.54) is 33.6 Å². The molecule has 1 saturated heterocycles. The van der Waals surface area contributed by atoms with Gasteiger partial charge in [-0.15, -0.1) is 0 Å². The molecule has 0 saturated carbocycles. The molecule has 0 atom stereocenters. The second kappa shape index (κ2) is 9.76. The lowest BCUT2D eigenvalue weighted by Crippen LogP contribution is -2.37. The fourth-order valence-electron chi connectivity index (χ4n) is 4.77. The fourth-order valence-corrected chi connectivity index (χ4v) is 6.23. The molecule has 1 amide bonds. The number of hydrogen-bond donors (Lipinski definition) is 0. The van der Waals surface area contributed by atoms with Crippen molar-refractivity contribution in [1.82, 2.24) is 9.21 Å². The van der Waals surface area contributed by atoms with Crippen LogP contribution in [0.5, 0.6) is 0 Å². The van der Waals surface area contributed by atoms with E-state index >= 15 is 0 Å². The molecule has 0 aromatic heterocycles. The Labute approximate surface area is 205 Å². The van der Waals surface area contributed by atoms with Gasteiger partial charge in [-0.25, -0.2) is 12.8 Å². The van der Waals surface area contributed by atoms with Crippen molar-refractivity contribution in [2.45, 2.75) is 30.7 Å². The average molecular weight is 491 g/mol. The predicted octanol–water partition coefficient (Wildman–Crippen LogP) is 4.89. The number of fused-ring (bicyclic) bond motifs is 1. The molecule has 2 aliphatic rings. The summed E-state index contributed by atoms with van der Waals surface area (Å²) in [6, 6.07) is 20.7. The highest BCUT2D eigenvalue weighted by Gasteiger charge is 2.29. The Bertz CT molecular complexity index is 1390. The number of carbonyl (C=O) groups excluding carboxylic acids is 1. The van der Waals surface area contributed by atoms with E-state index < -0.39 is 10.0 Å². The molecule has 0 spiro atoms. The third-order valence-electron chi connectivity index (χ3n) is 6.73. The van der Waals surface area contributed by atoms with Crippen molar-refractivity contribution in [2.75, 3.05) is 19.6 Å². The summed E-state index contributed by atoms with van der Waals surface area (Å²) in [6.45, 7) is 1.84. The second-order valence-corrected chi connectivity index (χ2v) is 11.0. The maximum absolute atomic E-state index is 13.4. The molecule has 0 radical (unpaired) electrons. The molecule has 7 heteroatoms. The van der Waals surface area contributed by atoms with Crippen LogP contribution in [0.15, 0.2) is 83.3 Å². The van der Waals surface area contributed by atoms with E-state index in [9.17, 15) is 17.6 Å². The second-order valence-electron chi connectivity index (χ2n) is 9.03. The molecule has 3 aromatic rings. The van der Waals surface area contributed by atoms with E-state index in [4.69, 9.17) is 0 Å². The van der Waals surface area contributed by atoms with E-state index in [0.29, 0.717) is 51.0 Å². The van der Waals surface area contributed by atoms with Gasteiger partial charge in [-0.2, -0.15) is 4.31 Å². The van der Waals surface area contributed by atoms with Gasteiger partial charge in [-0.3, -0.25) is 4.79 Å². The minimum absolute atomic E-state index is 0.145. The van der Waals surface area contributed by atoms with Gasteiger partial charge in [0, 0.05) is 31.7 Å². The zero-order chi connectivity index (χ0) is 24.4. The molecule has 35 heavy (non-hydrogen) atoms. The molecule has 180 valence electrons. The monoisotopic (exact) mass is 490 g/mol. The highest BCUT2D eigenvalue weighted by Crippen LogP contribution is 2.26. The Morgan fingerprint density at radius 2 is 1.57 bits per heavy atom. The SMILES string of the molecule is O=C(c1cccc(S(=O)(=O)N2CCc3ccccc3C2)c1)N1CCC(=Cc2cccc(F)c2)CC1. The van der Waals surface area contributed by atoms with Crippen LogP contribution in [0.2, 0.25) is 0 Å². The summed E-state index contributed by atoms with van der Waals surface area (Å²) >= 11 is 0. The first-order valence-corrected chi connectivity index (χ1v) is 13.3. The molecule has 2 aliphatic heterocycles. The highest BCUT2D eigenvalue weighted by atomic mass is 32.2.